The predicted octanol–water partition coefficient (Wildman–Crippen LogP) is 4.81. The summed E-state index contributed by atoms with van der Waals surface area (Å²) in [5.41, 5.74) is 2.37. The SMILES string of the molecule is CCC(C)C(NC(=O)Cc1c(C)c2cc3c(-c4ccc(F)cc4)coc3cc2oc1=O)C(=O)O. The number of halogens is 1. The molecule has 4 rings (SSSR count). The highest BCUT2D eigenvalue weighted by atomic mass is 19.1. The molecule has 2 N–H and O–H groups in total. The fraction of sp³-hybridized carbons (Fsp3) is 0.269. The Hall–Kier alpha value is -3.94. The average Bonchev–Trinajstić information content (AvgIpc) is 3.21. The monoisotopic (exact) mass is 465 g/mol. The van der Waals surface area contributed by atoms with Gasteiger partial charge in [-0.25, -0.2) is 14.0 Å². The third-order valence-electron chi connectivity index (χ3n) is 6.27. The zero-order valence-corrected chi connectivity index (χ0v) is 19.0. The molecule has 2 atom stereocenters. The van der Waals surface area contributed by atoms with E-state index in [0.29, 0.717) is 28.5 Å². The second-order valence-electron chi connectivity index (χ2n) is 8.44. The Bertz CT molecular complexity index is 1450. The average molecular weight is 465 g/mol. The van der Waals surface area contributed by atoms with E-state index < -0.39 is 23.5 Å². The van der Waals surface area contributed by atoms with Crippen LogP contribution in [0, 0.1) is 18.7 Å². The highest BCUT2D eigenvalue weighted by Gasteiger charge is 2.26. The van der Waals surface area contributed by atoms with Crippen LogP contribution in [0.3, 0.4) is 0 Å². The smallest absolute Gasteiger partial charge is 0.340 e. The number of carbonyl (C=O) groups is 2. The van der Waals surface area contributed by atoms with E-state index in [4.69, 9.17) is 8.83 Å². The number of furan rings is 1. The Morgan fingerprint density at radius 3 is 2.47 bits per heavy atom. The van der Waals surface area contributed by atoms with Gasteiger partial charge >= 0.3 is 11.6 Å². The lowest BCUT2D eigenvalue weighted by atomic mass is 9.97. The molecule has 1 amide bonds. The van der Waals surface area contributed by atoms with Crippen molar-refractivity contribution >= 4 is 33.8 Å². The lowest BCUT2D eigenvalue weighted by molar-refractivity contribution is -0.143. The van der Waals surface area contributed by atoms with E-state index in [1.54, 1.807) is 38.3 Å². The summed E-state index contributed by atoms with van der Waals surface area (Å²) in [6, 6.07) is 8.39. The molecule has 176 valence electrons. The summed E-state index contributed by atoms with van der Waals surface area (Å²) in [6.45, 7) is 5.30. The second-order valence-corrected chi connectivity index (χ2v) is 8.44. The van der Waals surface area contributed by atoms with Crippen LogP contribution in [0.4, 0.5) is 4.39 Å². The number of fused-ring (bicyclic) bond motifs is 2. The number of carboxylic acids is 1. The van der Waals surface area contributed by atoms with Gasteiger partial charge in [0.15, 0.2) is 0 Å². The first-order valence-electron chi connectivity index (χ1n) is 10.9. The lowest BCUT2D eigenvalue weighted by Crippen LogP contribution is -2.45. The van der Waals surface area contributed by atoms with Crippen LogP contribution in [0.1, 0.15) is 31.4 Å². The van der Waals surface area contributed by atoms with Crippen LogP contribution in [-0.4, -0.2) is 23.0 Å². The maximum absolute atomic E-state index is 13.3. The molecule has 0 spiro atoms. The van der Waals surface area contributed by atoms with E-state index in [9.17, 15) is 23.9 Å². The molecular formula is C26H24FNO6. The number of carboxylic acid groups (broad SMARTS) is 1. The van der Waals surface area contributed by atoms with E-state index in [-0.39, 0.29) is 23.7 Å². The number of aliphatic carboxylic acids is 1. The molecule has 0 radical (unpaired) electrons. The summed E-state index contributed by atoms with van der Waals surface area (Å²) in [5, 5.41) is 13.3. The van der Waals surface area contributed by atoms with E-state index >= 15 is 0 Å². The van der Waals surface area contributed by atoms with Gasteiger partial charge in [-0.15, -0.1) is 0 Å². The lowest BCUT2D eigenvalue weighted by Gasteiger charge is -2.20. The van der Waals surface area contributed by atoms with Gasteiger partial charge in [0, 0.05) is 22.4 Å². The number of benzene rings is 2. The van der Waals surface area contributed by atoms with Crippen molar-refractivity contribution in [1.29, 1.82) is 0 Å². The fourth-order valence-electron chi connectivity index (χ4n) is 4.04. The van der Waals surface area contributed by atoms with Crippen molar-refractivity contribution in [1.82, 2.24) is 5.32 Å². The van der Waals surface area contributed by atoms with Gasteiger partial charge in [0.05, 0.1) is 18.2 Å². The Morgan fingerprint density at radius 2 is 1.82 bits per heavy atom. The minimum Gasteiger partial charge on any atom is -0.480 e. The molecule has 0 fully saturated rings. The number of rotatable bonds is 7. The van der Waals surface area contributed by atoms with Gasteiger partial charge in [0.2, 0.25) is 5.91 Å². The van der Waals surface area contributed by atoms with Crippen LogP contribution >= 0.6 is 0 Å². The second kappa shape index (κ2) is 9.13. The Labute approximate surface area is 194 Å². The van der Waals surface area contributed by atoms with Crippen molar-refractivity contribution in [2.75, 3.05) is 0 Å². The van der Waals surface area contributed by atoms with Gasteiger partial charge in [-0.1, -0.05) is 32.4 Å². The first-order chi connectivity index (χ1) is 16.2. The van der Waals surface area contributed by atoms with Crippen molar-refractivity contribution in [3.8, 4) is 11.1 Å². The van der Waals surface area contributed by atoms with Gasteiger partial charge in [-0.3, -0.25) is 4.79 Å². The standard InChI is InChI=1S/C26H24FNO6/c1-4-13(2)24(25(30)31)28-23(29)10-18-14(3)17-9-19-20(15-5-7-16(27)8-6-15)12-33-21(19)11-22(17)34-26(18)32/h5-9,11-13,24H,4,10H2,1-3H3,(H,28,29)(H,30,31). The first-order valence-corrected chi connectivity index (χ1v) is 10.9. The number of hydrogen-bond acceptors (Lipinski definition) is 5. The third kappa shape index (κ3) is 4.31. The van der Waals surface area contributed by atoms with Gasteiger partial charge < -0.3 is 19.3 Å². The molecule has 0 saturated heterocycles. The van der Waals surface area contributed by atoms with Crippen LogP contribution in [0.15, 0.2) is 56.3 Å². The van der Waals surface area contributed by atoms with Crippen molar-refractivity contribution < 1.29 is 27.9 Å². The number of nitrogens with one attached hydrogen (secondary N) is 1. The molecule has 0 aliphatic heterocycles. The maximum atomic E-state index is 13.3. The molecule has 0 aliphatic carbocycles. The van der Waals surface area contributed by atoms with Crippen LogP contribution in [0.5, 0.6) is 0 Å². The molecule has 4 aromatic rings. The topological polar surface area (TPSA) is 110 Å². The summed E-state index contributed by atoms with van der Waals surface area (Å²) in [7, 11) is 0. The third-order valence-corrected chi connectivity index (χ3v) is 6.27. The summed E-state index contributed by atoms with van der Waals surface area (Å²) in [6.07, 6.45) is 1.82. The summed E-state index contributed by atoms with van der Waals surface area (Å²) in [5.74, 6) is -2.31. The molecule has 0 aliphatic rings. The molecule has 7 nitrogen and oxygen atoms in total. The normalized spacial score (nSPS) is 13.2. The Kier molecular flexibility index (Phi) is 6.24. The molecule has 2 aromatic carbocycles. The number of carbonyl (C=O) groups excluding carboxylic acids is 1. The molecule has 2 heterocycles. The number of hydrogen-bond donors (Lipinski definition) is 2. The summed E-state index contributed by atoms with van der Waals surface area (Å²) < 4.78 is 24.5. The van der Waals surface area contributed by atoms with Crippen molar-refractivity contribution in [2.45, 2.75) is 39.7 Å². The molecule has 34 heavy (non-hydrogen) atoms. The molecular weight excluding hydrogens is 441 g/mol. The van der Waals surface area contributed by atoms with Crippen LogP contribution in [0.2, 0.25) is 0 Å². The Morgan fingerprint density at radius 1 is 1.12 bits per heavy atom. The molecule has 0 saturated carbocycles. The zero-order chi connectivity index (χ0) is 24.6. The summed E-state index contributed by atoms with van der Waals surface area (Å²) >= 11 is 0. The van der Waals surface area contributed by atoms with Gasteiger partial charge in [-0.2, -0.15) is 0 Å². The molecule has 8 heteroatoms. The summed E-state index contributed by atoms with van der Waals surface area (Å²) in [4.78, 5) is 36.8. The molecule has 2 aromatic heterocycles. The van der Waals surface area contributed by atoms with Crippen molar-refractivity contribution in [3.05, 3.63) is 70.0 Å². The maximum Gasteiger partial charge on any atom is 0.340 e. The molecule has 2 unspecified atom stereocenters. The zero-order valence-electron chi connectivity index (χ0n) is 19.0. The van der Waals surface area contributed by atoms with Crippen molar-refractivity contribution in [2.24, 2.45) is 5.92 Å². The van der Waals surface area contributed by atoms with E-state index in [1.165, 1.54) is 12.1 Å². The van der Waals surface area contributed by atoms with E-state index in [2.05, 4.69) is 5.32 Å². The predicted molar refractivity (Wildman–Crippen MR) is 125 cm³/mol. The number of aryl methyl sites for hydroxylation is 1. The number of amides is 1. The minimum absolute atomic E-state index is 0.157. The first kappa shape index (κ1) is 23.2. The fourth-order valence-corrected chi connectivity index (χ4v) is 4.04. The highest BCUT2D eigenvalue weighted by Crippen LogP contribution is 2.34. The highest BCUT2D eigenvalue weighted by molar-refractivity contribution is 6.02. The quantitative estimate of drug-likeness (QED) is 0.379. The van der Waals surface area contributed by atoms with Gasteiger partial charge in [0.25, 0.3) is 0 Å². The van der Waals surface area contributed by atoms with Crippen molar-refractivity contribution in [3.63, 3.8) is 0 Å². The van der Waals surface area contributed by atoms with E-state index in [1.807, 2.05) is 13.0 Å². The molecule has 0 bridgehead atoms. The van der Waals surface area contributed by atoms with Crippen LogP contribution < -0.4 is 10.9 Å². The van der Waals surface area contributed by atoms with E-state index in [0.717, 1.165) is 16.5 Å². The largest absolute Gasteiger partial charge is 0.480 e. The van der Waals surface area contributed by atoms with Gasteiger partial charge in [-0.05, 0) is 42.2 Å². The van der Waals surface area contributed by atoms with Crippen LogP contribution in [-0.2, 0) is 16.0 Å². The minimum atomic E-state index is -1.12. The Balaban J connectivity index is 1.74. The van der Waals surface area contributed by atoms with Crippen LogP contribution in [0.25, 0.3) is 33.1 Å². The van der Waals surface area contributed by atoms with Gasteiger partial charge in [0.1, 0.15) is 23.0 Å².